The van der Waals surface area contributed by atoms with E-state index in [1.54, 1.807) is 17.0 Å². The monoisotopic (exact) mass is 442 g/mol. The number of hydrogen-bond acceptors (Lipinski definition) is 3. The zero-order valence-electron chi connectivity index (χ0n) is 14.6. The second-order valence-corrected chi connectivity index (χ2v) is 13.7. The zero-order valence-corrected chi connectivity index (χ0v) is 18.2. The number of carbonyl (C=O) groups excluding carboxylic acids is 1. The summed E-state index contributed by atoms with van der Waals surface area (Å²) < 4.78 is 11.9. The van der Waals surface area contributed by atoms with Crippen molar-refractivity contribution in [2.75, 3.05) is 22.9 Å². The third-order valence-corrected chi connectivity index (χ3v) is 7.98. The first-order valence-corrected chi connectivity index (χ1v) is 13.5. The van der Waals surface area contributed by atoms with Gasteiger partial charge in [0.25, 0.3) is 0 Å². The summed E-state index contributed by atoms with van der Waals surface area (Å²) in [5, 5.41) is 0.737. The Balaban J connectivity index is 1.57. The maximum atomic E-state index is 13.1. The van der Waals surface area contributed by atoms with Gasteiger partial charge in [0.2, 0.25) is 5.91 Å². The third kappa shape index (κ3) is 3.75. The molecule has 1 fully saturated rings. The Labute approximate surface area is 171 Å². The van der Waals surface area contributed by atoms with Gasteiger partial charge in [-0.05, 0) is 95.2 Å². The highest BCUT2D eigenvalue weighted by molar-refractivity contribution is 8.58. The second kappa shape index (κ2) is 7.36. The third-order valence-electron chi connectivity index (χ3n) is 5.26. The Hall–Kier alpha value is -1.13. The maximum absolute atomic E-state index is 13.1. The molecule has 2 aliphatic heterocycles. The molecule has 0 aromatic heterocycles. The van der Waals surface area contributed by atoms with Crippen LogP contribution in [0, 0.1) is 0 Å². The van der Waals surface area contributed by atoms with E-state index in [2.05, 4.69) is 13.3 Å². The number of nitrogens with zero attached hydrogens (tertiary/aromatic N) is 2. The van der Waals surface area contributed by atoms with Gasteiger partial charge < -0.3 is 9.80 Å². The van der Waals surface area contributed by atoms with Crippen molar-refractivity contribution in [3.8, 4) is 0 Å². The Bertz CT molecular complexity index is 932. The molecule has 0 bridgehead atoms. The fraction of sp³-hybridized carbons (Fsp3) is 0.316. The minimum Gasteiger partial charge on any atom is -0.359 e. The van der Waals surface area contributed by atoms with Gasteiger partial charge in [-0.2, -0.15) is 0 Å². The van der Waals surface area contributed by atoms with Crippen molar-refractivity contribution < 1.29 is 9.00 Å². The number of hydrogen-bond donors (Lipinski definition) is 1. The molecule has 2 aliphatic rings. The molecule has 27 heavy (non-hydrogen) atoms. The van der Waals surface area contributed by atoms with Crippen molar-refractivity contribution in [2.24, 2.45) is 0 Å². The molecule has 0 N–H and O–H groups in total. The van der Waals surface area contributed by atoms with Crippen molar-refractivity contribution in [3.05, 3.63) is 53.1 Å². The molecule has 0 radical (unpaired) electrons. The topological polar surface area (TPSA) is 40.6 Å². The summed E-state index contributed by atoms with van der Waals surface area (Å²) in [5.41, 5.74) is 3.14. The Morgan fingerprint density at radius 1 is 1.11 bits per heavy atom. The highest BCUT2D eigenvalue weighted by atomic mass is 35.7. The second-order valence-electron chi connectivity index (χ2n) is 6.96. The van der Waals surface area contributed by atoms with E-state index in [-0.39, 0.29) is 11.9 Å². The minimum atomic E-state index is -2.89. The zero-order chi connectivity index (χ0) is 19.2. The van der Waals surface area contributed by atoms with E-state index in [0.29, 0.717) is 11.4 Å². The van der Waals surface area contributed by atoms with E-state index >= 15 is 0 Å². The van der Waals surface area contributed by atoms with Crippen LogP contribution in [0.1, 0.15) is 18.4 Å². The van der Waals surface area contributed by atoms with E-state index in [0.717, 1.165) is 42.2 Å². The summed E-state index contributed by atoms with van der Waals surface area (Å²) in [5.74, 6) is 0.102. The van der Waals surface area contributed by atoms with E-state index in [4.69, 9.17) is 22.3 Å². The van der Waals surface area contributed by atoms with Crippen molar-refractivity contribution in [1.29, 1.82) is 0 Å². The van der Waals surface area contributed by atoms with Crippen LogP contribution >= 0.6 is 30.7 Å². The molecule has 0 saturated carbocycles. The van der Waals surface area contributed by atoms with Crippen LogP contribution in [0.3, 0.4) is 0 Å². The van der Waals surface area contributed by atoms with E-state index in [1.807, 2.05) is 30.3 Å². The Kier molecular flexibility index (Phi) is 5.24. The lowest BCUT2D eigenvalue weighted by atomic mass is 9.99. The fourth-order valence-corrected chi connectivity index (χ4v) is 5.57. The first-order valence-electron chi connectivity index (χ1n) is 8.90. The predicted molar refractivity (Wildman–Crippen MR) is 118 cm³/mol. The summed E-state index contributed by atoms with van der Waals surface area (Å²) in [6, 6.07) is 12.9. The molecule has 1 amide bonds. The van der Waals surface area contributed by atoms with Gasteiger partial charge in [0.15, 0.2) is 0 Å². The summed E-state index contributed by atoms with van der Waals surface area (Å²) in [7, 11) is 5.20. The first kappa shape index (κ1) is 19.2. The van der Waals surface area contributed by atoms with Crippen molar-refractivity contribution in [1.82, 2.24) is 0 Å². The number of rotatable bonds is 3. The summed E-state index contributed by atoms with van der Waals surface area (Å²) >= 11 is 6.14. The highest BCUT2D eigenvalue weighted by Crippen LogP contribution is 2.36. The van der Waals surface area contributed by atoms with Gasteiger partial charge >= 0.3 is 0 Å². The molecular weight excluding hydrogens is 422 g/mol. The van der Waals surface area contributed by atoms with Gasteiger partial charge in [-0.25, -0.2) is 0 Å². The van der Waals surface area contributed by atoms with Crippen LogP contribution in [-0.2, 0) is 20.0 Å². The molecule has 0 spiro atoms. The van der Waals surface area contributed by atoms with Crippen LogP contribution in [0.2, 0.25) is 5.02 Å². The molecule has 2 unspecified atom stereocenters. The van der Waals surface area contributed by atoms with Gasteiger partial charge in [0.05, 0.1) is 0 Å². The van der Waals surface area contributed by atoms with Gasteiger partial charge in [-0.3, -0.25) is 9.00 Å². The predicted octanol–water partition coefficient (Wildman–Crippen LogP) is 4.22. The maximum Gasteiger partial charge on any atom is 0.249 e. The molecule has 4 rings (SSSR count). The molecule has 4 nitrogen and oxygen atoms in total. The average molecular weight is 443 g/mol. The number of aryl methyl sites for hydroxylation is 1. The number of fused-ring (bicyclic) bond motifs is 1. The largest absolute Gasteiger partial charge is 0.359 e. The highest BCUT2D eigenvalue weighted by Gasteiger charge is 2.38. The smallest absolute Gasteiger partial charge is 0.249 e. The number of carbonyl (C=O) groups is 1. The molecular formula is C19H21Cl2N2O2PS. The molecule has 2 atom stereocenters. The number of halogens is 2. The van der Waals surface area contributed by atoms with Crippen LogP contribution in [0.25, 0.3) is 0 Å². The lowest BCUT2D eigenvalue weighted by molar-refractivity contribution is -0.118. The Morgan fingerprint density at radius 3 is 2.56 bits per heavy atom. The molecule has 0 aliphatic carbocycles. The van der Waals surface area contributed by atoms with Crippen molar-refractivity contribution in [2.45, 2.75) is 30.2 Å². The first-order chi connectivity index (χ1) is 12.8. The fourth-order valence-electron chi connectivity index (χ4n) is 3.96. The van der Waals surface area contributed by atoms with E-state index in [9.17, 15) is 9.00 Å². The molecule has 8 heteroatoms. The minimum absolute atomic E-state index is 0.102. The lowest BCUT2D eigenvalue weighted by Crippen LogP contribution is -2.44. The summed E-state index contributed by atoms with van der Waals surface area (Å²) in [6.07, 6.45) is 2.79. The number of amides is 1. The number of benzene rings is 2. The molecule has 144 valence electrons. The molecule has 2 aromatic rings. The van der Waals surface area contributed by atoms with Gasteiger partial charge in [0, 0.05) is 34.4 Å². The summed E-state index contributed by atoms with van der Waals surface area (Å²) in [4.78, 5) is 17.7. The molecule has 1 saturated heterocycles. The van der Waals surface area contributed by atoms with Crippen LogP contribution in [-0.4, -0.2) is 29.2 Å². The quantitative estimate of drug-likeness (QED) is 0.439. The SMILES string of the molecule is O=C1C(N2CCCc3cc(Cl)ccc32)CCN1c1ccc([SH](=O)(P)Cl)cc1. The van der Waals surface area contributed by atoms with Crippen LogP contribution in [0.5, 0.6) is 0 Å². The van der Waals surface area contributed by atoms with E-state index < -0.39 is 8.77 Å². The van der Waals surface area contributed by atoms with Crippen LogP contribution in [0.4, 0.5) is 11.4 Å². The molecule has 2 heterocycles. The van der Waals surface area contributed by atoms with Crippen molar-refractivity contribution >= 4 is 56.8 Å². The number of anilines is 2. The van der Waals surface area contributed by atoms with Crippen molar-refractivity contribution in [3.63, 3.8) is 0 Å². The molecule has 2 aromatic carbocycles. The van der Waals surface area contributed by atoms with Gasteiger partial charge in [-0.15, -0.1) is 0 Å². The summed E-state index contributed by atoms with van der Waals surface area (Å²) in [6.45, 7) is 1.54. The lowest BCUT2D eigenvalue weighted by Gasteiger charge is -2.35. The Morgan fingerprint density at radius 2 is 1.85 bits per heavy atom. The number of thiol groups is 1. The van der Waals surface area contributed by atoms with Crippen LogP contribution in [0.15, 0.2) is 47.4 Å². The van der Waals surface area contributed by atoms with Gasteiger partial charge in [-0.1, -0.05) is 11.6 Å². The van der Waals surface area contributed by atoms with Gasteiger partial charge in [0.1, 0.15) is 6.04 Å². The van der Waals surface area contributed by atoms with E-state index in [1.165, 1.54) is 5.56 Å². The standard InChI is InChI=1S/C19H21Cl2N2O2PS/c20-14-3-8-17-13(12-14)2-1-10-23(17)18-9-11-22(19(18)24)15-4-6-16(7-5-15)27(21,25)26/h3-8,12,18,27H,1-2,9-11,26H2. The average Bonchev–Trinajstić information content (AvgIpc) is 3.01. The normalized spacial score (nSPS) is 20.7. The van der Waals surface area contributed by atoms with Crippen LogP contribution < -0.4 is 9.80 Å².